The number of carboxylic acid groups (broad SMARTS) is 1. The first kappa shape index (κ1) is 19.3. The number of anilines is 1. The molecule has 3 aromatic rings. The summed E-state index contributed by atoms with van der Waals surface area (Å²) in [5.74, 6) is -1.93. The van der Waals surface area contributed by atoms with Crippen molar-refractivity contribution < 1.29 is 27.5 Å². The molecule has 7 nitrogen and oxygen atoms in total. The highest BCUT2D eigenvalue weighted by Crippen LogP contribution is 2.43. The van der Waals surface area contributed by atoms with Crippen molar-refractivity contribution in [2.75, 3.05) is 18.0 Å². The van der Waals surface area contributed by atoms with E-state index in [2.05, 4.69) is 15.3 Å². The Morgan fingerprint density at radius 2 is 2.03 bits per heavy atom. The fourth-order valence-electron chi connectivity index (χ4n) is 4.33. The van der Waals surface area contributed by atoms with Crippen LogP contribution in [0.15, 0.2) is 22.1 Å². The molecule has 2 saturated heterocycles. The van der Waals surface area contributed by atoms with Gasteiger partial charge in [0.2, 0.25) is 0 Å². The quantitative estimate of drug-likeness (QED) is 0.673. The molecule has 5 rings (SSSR count). The molecule has 0 spiro atoms. The zero-order valence-corrected chi connectivity index (χ0v) is 16.3. The number of alkyl halides is 3. The summed E-state index contributed by atoms with van der Waals surface area (Å²) < 4.78 is 47.4. The van der Waals surface area contributed by atoms with Gasteiger partial charge in [0, 0.05) is 42.3 Å². The van der Waals surface area contributed by atoms with Crippen LogP contribution in [0.1, 0.15) is 35.2 Å². The molecule has 158 valence electrons. The molecule has 2 aliphatic rings. The first-order valence-electron chi connectivity index (χ1n) is 9.48. The van der Waals surface area contributed by atoms with E-state index in [-0.39, 0.29) is 29.2 Å². The molecular formula is C19H16F3N4O3S-. The number of hydrogen-bond donors (Lipinski definition) is 1. The van der Waals surface area contributed by atoms with Crippen molar-refractivity contribution in [3.05, 3.63) is 28.8 Å². The second-order valence-electron chi connectivity index (χ2n) is 7.54. The van der Waals surface area contributed by atoms with Crippen molar-refractivity contribution in [1.29, 1.82) is 0 Å². The molecular weight excluding hydrogens is 421 g/mol. The number of halogens is 3. The Morgan fingerprint density at radius 1 is 1.30 bits per heavy atom. The smallest absolute Gasteiger partial charge is 0.419 e. The third-order valence-electron chi connectivity index (χ3n) is 5.55. The molecule has 2 bridgehead atoms. The number of carbonyl (C=O) groups excluding carboxylic acids is 1. The van der Waals surface area contributed by atoms with Crippen molar-refractivity contribution in [1.82, 2.24) is 15.3 Å². The highest BCUT2D eigenvalue weighted by molar-refractivity contribution is 7.13. The number of piperidine rings is 1. The lowest BCUT2D eigenvalue weighted by Gasteiger charge is -2.41. The van der Waals surface area contributed by atoms with Gasteiger partial charge in [-0.2, -0.15) is 18.2 Å². The minimum absolute atomic E-state index is 0.0576. The van der Waals surface area contributed by atoms with Crippen LogP contribution >= 0.6 is 11.3 Å². The summed E-state index contributed by atoms with van der Waals surface area (Å²) in [6.45, 7) is 1.12. The van der Waals surface area contributed by atoms with Gasteiger partial charge in [-0.25, -0.2) is 4.98 Å². The van der Waals surface area contributed by atoms with Crippen molar-refractivity contribution in [3.8, 4) is 10.6 Å². The summed E-state index contributed by atoms with van der Waals surface area (Å²) in [5.41, 5.74) is -2.84. The lowest BCUT2D eigenvalue weighted by atomic mass is 9.94. The van der Waals surface area contributed by atoms with Crippen molar-refractivity contribution in [2.45, 2.75) is 37.5 Å². The molecule has 2 aromatic heterocycles. The number of nitrogens with zero attached hydrogens (tertiary/aromatic N) is 3. The third kappa shape index (κ3) is 3.21. The van der Waals surface area contributed by atoms with Crippen LogP contribution in [-0.2, 0) is 6.18 Å². The van der Waals surface area contributed by atoms with Gasteiger partial charge in [-0.3, -0.25) is 0 Å². The summed E-state index contributed by atoms with van der Waals surface area (Å²) in [6.07, 6.45) is -0.411. The number of nitrogens with one attached hydrogen (secondary N) is 1. The lowest BCUT2D eigenvalue weighted by Crippen LogP contribution is -2.58. The number of oxazole rings is 1. The minimum atomic E-state index is -4.94. The summed E-state index contributed by atoms with van der Waals surface area (Å²) in [4.78, 5) is 21.6. The van der Waals surface area contributed by atoms with Gasteiger partial charge in [0.25, 0.3) is 6.01 Å². The number of carboxylic acids is 1. The van der Waals surface area contributed by atoms with Gasteiger partial charge in [0.15, 0.2) is 5.58 Å². The van der Waals surface area contributed by atoms with Gasteiger partial charge in [0.1, 0.15) is 10.5 Å². The number of hydrogen-bond acceptors (Lipinski definition) is 8. The molecule has 1 aromatic carbocycles. The van der Waals surface area contributed by atoms with E-state index in [4.69, 9.17) is 4.42 Å². The second-order valence-corrected chi connectivity index (χ2v) is 8.43. The molecule has 2 atom stereocenters. The highest BCUT2D eigenvalue weighted by atomic mass is 32.1. The first-order chi connectivity index (χ1) is 14.3. The highest BCUT2D eigenvalue weighted by Gasteiger charge is 2.40. The number of fused-ring (bicyclic) bond motifs is 3. The number of rotatable bonds is 3. The van der Waals surface area contributed by atoms with Gasteiger partial charge in [-0.15, -0.1) is 11.3 Å². The van der Waals surface area contributed by atoms with Gasteiger partial charge in [0.05, 0.1) is 17.1 Å². The third-order valence-corrected chi connectivity index (χ3v) is 6.36. The van der Waals surface area contributed by atoms with E-state index in [0.717, 1.165) is 25.3 Å². The number of piperazine rings is 1. The Hall–Kier alpha value is -2.66. The zero-order chi connectivity index (χ0) is 21.0. The van der Waals surface area contributed by atoms with Crippen LogP contribution in [-0.4, -0.2) is 41.1 Å². The first-order valence-corrected chi connectivity index (χ1v) is 10.4. The average molecular weight is 437 g/mol. The summed E-state index contributed by atoms with van der Waals surface area (Å²) >= 11 is 1.17. The monoisotopic (exact) mass is 437 g/mol. The number of benzene rings is 1. The normalized spacial score (nSPS) is 21.9. The van der Waals surface area contributed by atoms with Gasteiger partial charge >= 0.3 is 6.18 Å². The Bertz CT molecular complexity index is 1100. The number of thiazole rings is 1. The Morgan fingerprint density at radius 3 is 2.63 bits per heavy atom. The van der Waals surface area contributed by atoms with Crippen LogP contribution in [0.4, 0.5) is 19.2 Å². The Balaban J connectivity index is 1.72. The molecule has 11 heteroatoms. The molecule has 2 unspecified atom stereocenters. The van der Waals surface area contributed by atoms with E-state index in [0.29, 0.717) is 18.1 Å². The maximum absolute atomic E-state index is 13.8. The van der Waals surface area contributed by atoms with E-state index in [1.54, 1.807) is 5.38 Å². The number of carbonyl (C=O) groups is 1. The van der Waals surface area contributed by atoms with E-state index in [1.165, 1.54) is 17.5 Å². The molecule has 2 aliphatic heterocycles. The average Bonchev–Trinajstić information content (AvgIpc) is 3.35. The van der Waals surface area contributed by atoms with E-state index in [9.17, 15) is 23.1 Å². The van der Waals surface area contributed by atoms with Crippen molar-refractivity contribution in [2.24, 2.45) is 0 Å². The second kappa shape index (κ2) is 6.95. The summed E-state index contributed by atoms with van der Waals surface area (Å²) in [6, 6.07) is 1.40. The maximum Gasteiger partial charge on any atom is 0.419 e. The van der Waals surface area contributed by atoms with Gasteiger partial charge in [-0.1, -0.05) is 6.42 Å². The standard InChI is InChI=1S/C19H17F3N4O3S/c20-19(21,22)13-11(17(27)28)6-12(16-23-4-5-30-16)15-14(13)25-18(29-15)26-7-9-2-1-3-10(8-26)24-9/h4-6,9-10,24H,1-3,7-8H2,(H,27,28)/p-1. The van der Waals surface area contributed by atoms with Crippen molar-refractivity contribution in [3.63, 3.8) is 0 Å². The topological polar surface area (TPSA) is 94.3 Å². The van der Waals surface area contributed by atoms with Crippen LogP contribution in [0, 0.1) is 0 Å². The summed E-state index contributed by atoms with van der Waals surface area (Å²) in [5, 5.41) is 17.1. The number of aromatic carboxylic acids is 1. The van der Waals surface area contributed by atoms with Crippen LogP contribution in [0.25, 0.3) is 21.7 Å². The van der Waals surface area contributed by atoms with Crippen LogP contribution < -0.4 is 15.3 Å². The van der Waals surface area contributed by atoms with E-state index >= 15 is 0 Å². The molecule has 0 saturated carbocycles. The zero-order valence-electron chi connectivity index (χ0n) is 15.5. The molecule has 0 aliphatic carbocycles. The molecule has 0 amide bonds. The van der Waals surface area contributed by atoms with Crippen LogP contribution in [0.2, 0.25) is 0 Å². The molecule has 1 N–H and O–H groups in total. The van der Waals surface area contributed by atoms with Gasteiger partial charge < -0.3 is 24.5 Å². The van der Waals surface area contributed by atoms with E-state index < -0.39 is 28.8 Å². The lowest BCUT2D eigenvalue weighted by molar-refractivity contribution is -0.255. The molecule has 30 heavy (non-hydrogen) atoms. The van der Waals surface area contributed by atoms with Crippen molar-refractivity contribution >= 4 is 34.4 Å². The van der Waals surface area contributed by atoms with E-state index in [1.807, 2.05) is 4.90 Å². The Kier molecular flexibility index (Phi) is 4.47. The molecule has 0 radical (unpaired) electrons. The maximum atomic E-state index is 13.8. The van der Waals surface area contributed by atoms with Crippen LogP contribution in [0.5, 0.6) is 0 Å². The largest absolute Gasteiger partial charge is 0.545 e. The predicted molar refractivity (Wildman–Crippen MR) is 101 cm³/mol. The summed E-state index contributed by atoms with van der Waals surface area (Å²) in [7, 11) is 0. The number of aromatic nitrogens is 2. The fraction of sp³-hybridized carbons (Fsp3) is 0.421. The van der Waals surface area contributed by atoms with Crippen LogP contribution in [0.3, 0.4) is 0 Å². The molecule has 2 fully saturated rings. The predicted octanol–water partition coefficient (Wildman–Crippen LogP) is 2.66. The Labute approximate surface area is 172 Å². The fourth-order valence-corrected chi connectivity index (χ4v) is 4.98. The minimum Gasteiger partial charge on any atom is -0.545 e. The SMILES string of the molecule is O=C([O-])c1cc(-c2nccs2)c2oc(N3CC4CCCC(C3)N4)nc2c1C(F)(F)F. The van der Waals surface area contributed by atoms with Gasteiger partial charge in [-0.05, 0) is 18.9 Å². The molecule has 4 heterocycles.